The van der Waals surface area contributed by atoms with Crippen molar-refractivity contribution in [2.24, 2.45) is 0 Å². The van der Waals surface area contributed by atoms with Crippen molar-refractivity contribution in [3.05, 3.63) is 59.7 Å². The number of benzene rings is 2. The van der Waals surface area contributed by atoms with Crippen LogP contribution in [0.1, 0.15) is 42.7 Å². The maximum absolute atomic E-state index is 5.52. The molecule has 1 fully saturated rings. The molecule has 0 spiro atoms. The first-order chi connectivity index (χ1) is 11.8. The largest absolute Gasteiger partial charge is 0.493 e. The van der Waals surface area contributed by atoms with Crippen molar-refractivity contribution in [3.8, 4) is 11.5 Å². The quantitative estimate of drug-likeness (QED) is 0.847. The standard InChI is InChI=1S/C21H27NO2/c1-23-20-10-6-9-18(21(20)24-2)15-22-19-13-11-17(12-14-19)16-7-4-3-5-8-16/h3-10,17,19,22H,11-15H2,1-2H3. The molecular formula is C21H27NO2. The normalized spacial score (nSPS) is 20.6. The summed E-state index contributed by atoms with van der Waals surface area (Å²) in [7, 11) is 3.38. The fourth-order valence-corrected chi connectivity index (χ4v) is 3.70. The van der Waals surface area contributed by atoms with Gasteiger partial charge < -0.3 is 14.8 Å². The van der Waals surface area contributed by atoms with Gasteiger partial charge >= 0.3 is 0 Å². The van der Waals surface area contributed by atoms with E-state index < -0.39 is 0 Å². The lowest BCUT2D eigenvalue weighted by Crippen LogP contribution is -2.32. The van der Waals surface area contributed by atoms with Crippen molar-refractivity contribution in [3.63, 3.8) is 0 Å². The van der Waals surface area contributed by atoms with Gasteiger partial charge in [-0.1, -0.05) is 42.5 Å². The van der Waals surface area contributed by atoms with Crippen molar-refractivity contribution >= 4 is 0 Å². The molecule has 0 radical (unpaired) electrons. The fourth-order valence-electron chi connectivity index (χ4n) is 3.70. The third kappa shape index (κ3) is 3.90. The van der Waals surface area contributed by atoms with Gasteiger partial charge in [-0.2, -0.15) is 0 Å². The molecule has 1 aliphatic rings. The Balaban J connectivity index is 1.54. The highest BCUT2D eigenvalue weighted by Gasteiger charge is 2.22. The maximum Gasteiger partial charge on any atom is 0.165 e. The SMILES string of the molecule is COc1cccc(CNC2CCC(c3ccccc3)CC2)c1OC. The summed E-state index contributed by atoms with van der Waals surface area (Å²) >= 11 is 0. The summed E-state index contributed by atoms with van der Waals surface area (Å²) in [5.41, 5.74) is 2.65. The van der Waals surface area contributed by atoms with E-state index in [1.54, 1.807) is 14.2 Å². The van der Waals surface area contributed by atoms with Crippen molar-refractivity contribution in [2.75, 3.05) is 14.2 Å². The van der Waals surface area contributed by atoms with E-state index in [0.29, 0.717) is 6.04 Å². The first-order valence-electron chi connectivity index (χ1n) is 8.80. The van der Waals surface area contributed by atoms with E-state index >= 15 is 0 Å². The molecule has 0 unspecified atom stereocenters. The van der Waals surface area contributed by atoms with Crippen LogP contribution in [-0.2, 0) is 6.54 Å². The second-order valence-corrected chi connectivity index (χ2v) is 6.49. The van der Waals surface area contributed by atoms with Gasteiger partial charge in [-0.3, -0.25) is 0 Å². The van der Waals surface area contributed by atoms with Crippen LogP contribution in [0, 0.1) is 0 Å². The molecule has 0 saturated heterocycles. The summed E-state index contributed by atoms with van der Waals surface area (Å²) in [5, 5.41) is 3.70. The zero-order valence-electron chi connectivity index (χ0n) is 14.6. The zero-order chi connectivity index (χ0) is 16.8. The minimum atomic E-state index is 0.584. The Morgan fingerprint density at radius 2 is 1.62 bits per heavy atom. The van der Waals surface area contributed by atoms with Gasteiger partial charge in [-0.15, -0.1) is 0 Å². The highest BCUT2D eigenvalue weighted by atomic mass is 16.5. The Morgan fingerprint density at radius 1 is 0.875 bits per heavy atom. The van der Waals surface area contributed by atoms with Crippen LogP contribution in [-0.4, -0.2) is 20.3 Å². The van der Waals surface area contributed by atoms with E-state index in [1.165, 1.54) is 31.2 Å². The predicted molar refractivity (Wildman–Crippen MR) is 97.8 cm³/mol. The molecule has 0 aromatic heterocycles. The van der Waals surface area contributed by atoms with Crippen molar-refractivity contribution in [1.82, 2.24) is 5.32 Å². The smallest absolute Gasteiger partial charge is 0.165 e. The molecule has 1 N–H and O–H groups in total. The topological polar surface area (TPSA) is 30.5 Å². The van der Waals surface area contributed by atoms with Crippen LogP contribution in [0.3, 0.4) is 0 Å². The van der Waals surface area contributed by atoms with Gasteiger partial charge in [0.2, 0.25) is 0 Å². The van der Waals surface area contributed by atoms with Gasteiger partial charge in [0.25, 0.3) is 0 Å². The van der Waals surface area contributed by atoms with E-state index in [9.17, 15) is 0 Å². The predicted octanol–water partition coefficient (Wildman–Crippen LogP) is 4.52. The van der Waals surface area contributed by atoms with Crippen LogP contribution in [0.5, 0.6) is 11.5 Å². The summed E-state index contributed by atoms with van der Waals surface area (Å²) in [6.45, 7) is 0.820. The van der Waals surface area contributed by atoms with Crippen LogP contribution in [0.15, 0.2) is 48.5 Å². The number of hydrogen-bond donors (Lipinski definition) is 1. The van der Waals surface area contributed by atoms with Gasteiger partial charge in [0, 0.05) is 18.2 Å². The van der Waals surface area contributed by atoms with Crippen LogP contribution in [0.4, 0.5) is 0 Å². The highest BCUT2D eigenvalue weighted by Crippen LogP contribution is 2.34. The van der Waals surface area contributed by atoms with Gasteiger partial charge in [0.1, 0.15) is 0 Å². The minimum absolute atomic E-state index is 0.584. The minimum Gasteiger partial charge on any atom is -0.493 e. The van der Waals surface area contributed by atoms with E-state index in [4.69, 9.17) is 9.47 Å². The van der Waals surface area contributed by atoms with Crippen LogP contribution in [0.25, 0.3) is 0 Å². The van der Waals surface area contributed by atoms with Gasteiger partial charge in [-0.25, -0.2) is 0 Å². The van der Waals surface area contributed by atoms with E-state index in [0.717, 1.165) is 29.5 Å². The second-order valence-electron chi connectivity index (χ2n) is 6.49. The molecule has 0 aliphatic heterocycles. The van der Waals surface area contributed by atoms with Crippen LogP contribution >= 0.6 is 0 Å². The molecule has 0 amide bonds. The molecule has 3 heteroatoms. The molecule has 24 heavy (non-hydrogen) atoms. The summed E-state index contributed by atoms with van der Waals surface area (Å²) < 4.78 is 10.9. The van der Waals surface area contributed by atoms with E-state index in [-0.39, 0.29) is 0 Å². The lowest BCUT2D eigenvalue weighted by molar-refractivity contribution is 0.332. The van der Waals surface area contributed by atoms with Gasteiger partial charge in [0.05, 0.1) is 14.2 Å². The molecule has 0 atom stereocenters. The number of para-hydroxylation sites is 1. The Hall–Kier alpha value is -2.00. The summed E-state index contributed by atoms with van der Waals surface area (Å²) in [6, 6.07) is 17.6. The molecule has 1 saturated carbocycles. The number of rotatable bonds is 6. The van der Waals surface area contributed by atoms with Gasteiger partial charge in [-0.05, 0) is 43.2 Å². The molecule has 1 aliphatic carbocycles. The lowest BCUT2D eigenvalue weighted by atomic mass is 9.82. The molecule has 128 valence electrons. The number of hydrogen-bond acceptors (Lipinski definition) is 3. The average Bonchev–Trinajstić information content (AvgIpc) is 2.67. The monoisotopic (exact) mass is 325 g/mol. The summed E-state index contributed by atoms with van der Waals surface area (Å²) in [5.74, 6) is 2.35. The third-order valence-electron chi connectivity index (χ3n) is 5.06. The second kappa shape index (κ2) is 8.20. The Morgan fingerprint density at radius 3 is 2.29 bits per heavy atom. The zero-order valence-corrected chi connectivity index (χ0v) is 14.6. The first-order valence-corrected chi connectivity index (χ1v) is 8.80. The molecule has 2 aromatic carbocycles. The average molecular weight is 325 g/mol. The summed E-state index contributed by atoms with van der Waals surface area (Å²) in [6.07, 6.45) is 4.98. The van der Waals surface area contributed by atoms with Crippen LogP contribution in [0.2, 0.25) is 0 Å². The van der Waals surface area contributed by atoms with Crippen molar-refractivity contribution < 1.29 is 9.47 Å². The number of ether oxygens (including phenoxy) is 2. The molecule has 2 aromatic rings. The maximum atomic E-state index is 5.52. The fraction of sp³-hybridized carbons (Fsp3) is 0.429. The third-order valence-corrected chi connectivity index (χ3v) is 5.06. The summed E-state index contributed by atoms with van der Waals surface area (Å²) in [4.78, 5) is 0. The van der Waals surface area contributed by atoms with E-state index in [1.807, 2.05) is 12.1 Å². The first kappa shape index (κ1) is 16.8. The van der Waals surface area contributed by atoms with Crippen molar-refractivity contribution in [2.45, 2.75) is 44.2 Å². The molecule has 0 bridgehead atoms. The highest BCUT2D eigenvalue weighted by molar-refractivity contribution is 5.46. The Labute approximate surface area is 145 Å². The molecule has 3 rings (SSSR count). The van der Waals surface area contributed by atoms with E-state index in [2.05, 4.69) is 41.7 Å². The molecule has 0 heterocycles. The Kier molecular flexibility index (Phi) is 5.76. The molecular weight excluding hydrogens is 298 g/mol. The lowest BCUT2D eigenvalue weighted by Gasteiger charge is -2.29. The number of methoxy groups -OCH3 is 2. The molecule has 3 nitrogen and oxygen atoms in total. The van der Waals surface area contributed by atoms with Gasteiger partial charge in [0.15, 0.2) is 11.5 Å². The van der Waals surface area contributed by atoms with Crippen LogP contribution < -0.4 is 14.8 Å². The Bertz CT molecular complexity index is 634. The number of nitrogens with one attached hydrogen (secondary N) is 1. The van der Waals surface area contributed by atoms with Crippen molar-refractivity contribution in [1.29, 1.82) is 0 Å².